The van der Waals surface area contributed by atoms with Crippen LogP contribution in [-0.2, 0) is 14.3 Å². The summed E-state index contributed by atoms with van der Waals surface area (Å²) in [5.41, 5.74) is 7.71. The van der Waals surface area contributed by atoms with Gasteiger partial charge in [0.1, 0.15) is 6.61 Å². The minimum atomic E-state index is -0.459. The molecular formula is C22H27N3O4. The van der Waals surface area contributed by atoms with Crippen LogP contribution < -0.4 is 5.73 Å². The van der Waals surface area contributed by atoms with Crippen LogP contribution in [0.3, 0.4) is 0 Å². The number of likely N-dealkylation sites (tertiary alicyclic amines) is 1. The molecule has 2 amide bonds. The second-order valence-electron chi connectivity index (χ2n) is 7.78. The molecule has 4 rings (SSSR count). The van der Waals surface area contributed by atoms with Gasteiger partial charge < -0.3 is 20.1 Å². The maximum Gasteiger partial charge on any atom is 0.250 e. The van der Waals surface area contributed by atoms with Gasteiger partial charge in [-0.25, -0.2) is 0 Å². The molecule has 1 aromatic heterocycles. The predicted octanol–water partition coefficient (Wildman–Crippen LogP) is 2.24. The van der Waals surface area contributed by atoms with Gasteiger partial charge >= 0.3 is 0 Å². The van der Waals surface area contributed by atoms with E-state index in [0.717, 1.165) is 48.9 Å². The van der Waals surface area contributed by atoms with E-state index in [9.17, 15) is 9.59 Å². The van der Waals surface area contributed by atoms with Gasteiger partial charge in [0.2, 0.25) is 5.91 Å². The number of primary amides is 1. The Kier molecular flexibility index (Phi) is 6.06. The average molecular weight is 397 g/mol. The van der Waals surface area contributed by atoms with Gasteiger partial charge in [-0.2, -0.15) is 0 Å². The number of hydrogen-bond acceptors (Lipinski definition) is 5. The summed E-state index contributed by atoms with van der Waals surface area (Å²) in [6.07, 6.45) is 3.69. The smallest absolute Gasteiger partial charge is 0.250 e. The third-order valence-corrected chi connectivity index (χ3v) is 5.81. The number of para-hydroxylation sites is 1. The Morgan fingerprint density at radius 1 is 1.21 bits per heavy atom. The number of piperidine rings is 1. The van der Waals surface area contributed by atoms with Gasteiger partial charge in [0, 0.05) is 31.0 Å². The van der Waals surface area contributed by atoms with E-state index in [1.165, 1.54) is 0 Å². The van der Waals surface area contributed by atoms with Crippen molar-refractivity contribution in [1.82, 2.24) is 9.88 Å². The summed E-state index contributed by atoms with van der Waals surface area (Å²) >= 11 is 0. The van der Waals surface area contributed by atoms with Crippen LogP contribution in [0.25, 0.3) is 10.9 Å². The number of carbonyl (C=O) groups is 2. The molecule has 2 aliphatic heterocycles. The van der Waals surface area contributed by atoms with Crippen molar-refractivity contribution in [2.75, 3.05) is 32.9 Å². The number of ether oxygens (including phenoxy) is 2. The molecule has 2 N–H and O–H groups in total. The van der Waals surface area contributed by atoms with Crippen molar-refractivity contribution in [3.8, 4) is 0 Å². The quantitative estimate of drug-likeness (QED) is 0.807. The lowest BCUT2D eigenvalue weighted by Crippen LogP contribution is -2.40. The summed E-state index contributed by atoms with van der Waals surface area (Å²) in [5.74, 6) is -0.346. The summed E-state index contributed by atoms with van der Waals surface area (Å²) in [6, 6.07) is 9.54. The van der Waals surface area contributed by atoms with Crippen molar-refractivity contribution in [3.05, 3.63) is 41.6 Å². The van der Waals surface area contributed by atoms with Crippen LogP contribution in [0.15, 0.2) is 30.3 Å². The molecule has 0 aliphatic carbocycles. The fourth-order valence-electron chi connectivity index (χ4n) is 4.19. The van der Waals surface area contributed by atoms with Gasteiger partial charge in [0.25, 0.3) is 5.91 Å². The SMILES string of the molecule is NC(=O)c1cc2ccccc2nc1C1CCN(C(=O)COCC2CCCO2)CC1. The van der Waals surface area contributed by atoms with Crippen LogP contribution in [0.5, 0.6) is 0 Å². The predicted molar refractivity (Wildman–Crippen MR) is 109 cm³/mol. The second kappa shape index (κ2) is 8.88. The number of pyridine rings is 1. The van der Waals surface area contributed by atoms with Crippen molar-refractivity contribution < 1.29 is 19.1 Å². The highest BCUT2D eigenvalue weighted by molar-refractivity contribution is 5.97. The molecule has 1 aromatic carbocycles. The maximum absolute atomic E-state index is 12.4. The Balaban J connectivity index is 1.37. The van der Waals surface area contributed by atoms with E-state index in [1.807, 2.05) is 35.2 Å². The highest BCUT2D eigenvalue weighted by Gasteiger charge is 2.28. The van der Waals surface area contributed by atoms with E-state index in [0.29, 0.717) is 25.3 Å². The highest BCUT2D eigenvalue weighted by Crippen LogP contribution is 2.31. The molecule has 1 atom stereocenters. The average Bonchev–Trinajstić information content (AvgIpc) is 3.26. The topological polar surface area (TPSA) is 94.8 Å². The molecule has 2 fully saturated rings. The van der Waals surface area contributed by atoms with Crippen LogP contribution in [0.2, 0.25) is 0 Å². The van der Waals surface area contributed by atoms with Crippen LogP contribution in [0, 0.1) is 0 Å². The summed E-state index contributed by atoms with van der Waals surface area (Å²) in [5, 5.41) is 0.904. The molecule has 7 nitrogen and oxygen atoms in total. The molecule has 154 valence electrons. The van der Waals surface area contributed by atoms with Crippen molar-refractivity contribution in [2.24, 2.45) is 5.73 Å². The second-order valence-corrected chi connectivity index (χ2v) is 7.78. The molecule has 3 heterocycles. The van der Waals surface area contributed by atoms with Gasteiger partial charge in [-0.1, -0.05) is 18.2 Å². The first-order chi connectivity index (χ1) is 14.1. The standard InChI is InChI=1S/C22H27N3O4/c23-22(27)18-12-16-4-1-2-6-19(16)24-21(18)15-7-9-25(10-8-15)20(26)14-28-13-17-5-3-11-29-17/h1-2,4,6,12,15,17H,3,5,7-11,13-14H2,(H2,23,27). The number of benzene rings is 1. The number of hydrogen-bond donors (Lipinski definition) is 1. The van der Waals surface area contributed by atoms with E-state index >= 15 is 0 Å². The first-order valence-corrected chi connectivity index (χ1v) is 10.3. The van der Waals surface area contributed by atoms with Gasteiger partial charge in [-0.05, 0) is 37.8 Å². The fraction of sp³-hybridized carbons (Fsp3) is 0.500. The normalized spacial score (nSPS) is 20.3. The lowest BCUT2D eigenvalue weighted by Gasteiger charge is -2.32. The molecule has 0 radical (unpaired) electrons. The van der Waals surface area contributed by atoms with E-state index in [2.05, 4.69) is 0 Å². The zero-order chi connectivity index (χ0) is 20.2. The third kappa shape index (κ3) is 4.57. The Labute approximate surface area is 170 Å². The lowest BCUT2D eigenvalue weighted by atomic mass is 9.89. The molecule has 29 heavy (non-hydrogen) atoms. The van der Waals surface area contributed by atoms with Crippen molar-refractivity contribution >= 4 is 22.7 Å². The highest BCUT2D eigenvalue weighted by atomic mass is 16.5. The molecular weight excluding hydrogens is 370 g/mol. The van der Waals surface area contributed by atoms with Crippen LogP contribution in [-0.4, -0.2) is 60.7 Å². The summed E-state index contributed by atoms with van der Waals surface area (Å²) < 4.78 is 11.1. The Hall–Kier alpha value is -2.51. The Bertz CT molecular complexity index is 887. The van der Waals surface area contributed by atoms with E-state index in [1.54, 1.807) is 0 Å². The van der Waals surface area contributed by atoms with Crippen LogP contribution in [0.1, 0.15) is 47.7 Å². The zero-order valence-corrected chi connectivity index (χ0v) is 16.5. The number of aromatic nitrogens is 1. The molecule has 2 aromatic rings. The first-order valence-electron chi connectivity index (χ1n) is 10.3. The Morgan fingerprint density at radius 2 is 2.00 bits per heavy atom. The van der Waals surface area contributed by atoms with Crippen LogP contribution in [0.4, 0.5) is 0 Å². The number of rotatable bonds is 6. The third-order valence-electron chi connectivity index (χ3n) is 5.81. The van der Waals surface area contributed by atoms with Crippen LogP contribution >= 0.6 is 0 Å². The molecule has 1 unspecified atom stereocenters. The molecule has 7 heteroatoms. The Morgan fingerprint density at radius 3 is 2.72 bits per heavy atom. The number of nitrogens with two attached hydrogens (primary N) is 1. The molecule has 0 saturated carbocycles. The van der Waals surface area contributed by atoms with E-state index in [-0.39, 0.29) is 24.5 Å². The van der Waals surface area contributed by atoms with Crippen molar-refractivity contribution in [1.29, 1.82) is 0 Å². The minimum absolute atomic E-state index is 0.00282. The lowest BCUT2D eigenvalue weighted by molar-refractivity contribution is -0.138. The van der Waals surface area contributed by atoms with Crippen molar-refractivity contribution in [3.63, 3.8) is 0 Å². The summed E-state index contributed by atoms with van der Waals surface area (Å²) in [4.78, 5) is 31.0. The van der Waals surface area contributed by atoms with Gasteiger partial charge in [-0.3, -0.25) is 14.6 Å². The molecule has 0 spiro atoms. The largest absolute Gasteiger partial charge is 0.376 e. The fourth-order valence-corrected chi connectivity index (χ4v) is 4.19. The molecule has 0 bridgehead atoms. The maximum atomic E-state index is 12.4. The molecule has 2 aliphatic rings. The number of carbonyl (C=O) groups excluding carboxylic acids is 2. The van der Waals surface area contributed by atoms with Gasteiger partial charge in [-0.15, -0.1) is 0 Å². The number of nitrogens with zero attached hydrogens (tertiary/aromatic N) is 2. The van der Waals surface area contributed by atoms with Gasteiger partial charge in [0.05, 0.1) is 29.5 Å². The van der Waals surface area contributed by atoms with Gasteiger partial charge in [0.15, 0.2) is 0 Å². The number of fused-ring (bicyclic) bond motifs is 1. The van der Waals surface area contributed by atoms with E-state index in [4.69, 9.17) is 20.2 Å². The minimum Gasteiger partial charge on any atom is -0.376 e. The zero-order valence-electron chi connectivity index (χ0n) is 16.5. The first kappa shape index (κ1) is 19.8. The molecule has 2 saturated heterocycles. The monoisotopic (exact) mass is 397 g/mol. The van der Waals surface area contributed by atoms with E-state index < -0.39 is 5.91 Å². The summed E-state index contributed by atoms with van der Waals surface area (Å²) in [6.45, 7) is 2.60. The summed E-state index contributed by atoms with van der Waals surface area (Å²) in [7, 11) is 0. The number of amides is 2. The van der Waals surface area contributed by atoms with Crippen molar-refractivity contribution in [2.45, 2.75) is 37.7 Å².